The van der Waals surface area contributed by atoms with E-state index in [9.17, 15) is 0 Å². The Balaban J connectivity index is 2.87. The van der Waals surface area contributed by atoms with Gasteiger partial charge in [-0.2, -0.15) is 5.10 Å². The molecule has 0 saturated heterocycles. The lowest BCUT2D eigenvalue weighted by molar-refractivity contribution is 0.775. The average molecular weight is 165 g/mol. The highest BCUT2D eigenvalue weighted by molar-refractivity contribution is 5.61. The molecule has 1 heterocycles. The normalized spacial score (nSPS) is 12.5. The van der Waals surface area contributed by atoms with Crippen LogP contribution in [0.1, 0.15) is 26.5 Å². The van der Waals surface area contributed by atoms with Crippen LogP contribution in [-0.4, -0.2) is 10.2 Å². The molecular formula is C9H15N3. The third-order valence-electron chi connectivity index (χ3n) is 1.98. The number of nitrogens with zero attached hydrogens (tertiary/aromatic N) is 1. The molecule has 0 aliphatic heterocycles. The second-order valence-corrected chi connectivity index (χ2v) is 3.28. The zero-order chi connectivity index (χ0) is 9.14. The minimum atomic E-state index is 0.549. The Hall–Kier alpha value is -1.25. The third kappa shape index (κ3) is 1.87. The Bertz CT molecular complexity index is 284. The van der Waals surface area contributed by atoms with E-state index in [1.165, 1.54) is 5.57 Å². The summed E-state index contributed by atoms with van der Waals surface area (Å²) < 4.78 is 0. The highest BCUT2D eigenvalue weighted by Gasteiger charge is 2.00. The van der Waals surface area contributed by atoms with Crippen molar-refractivity contribution in [2.24, 2.45) is 5.92 Å². The summed E-state index contributed by atoms with van der Waals surface area (Å²) in [4.78, 5) is 0. The molecule has 0 bridgehead atoms. The van der Waals surface area contributed by atoms with Crippen LogP contribution in [0.4, 0.5) is 5.69 Å². The van der Waals surface area contributed by atoms with Crippen molar-refractivity contribution in [2.75, 3.05) is 5.73 Å². The summed E-state index contributed by atoms with van der Waals surface area (Å²) in [5.41, 5.74) is 8.56. The van der Waals surface area contributed by atoms with Gasteiger partial charge < -0.3 is 5.73 Å². The summed E-state index contributed by atoms with van der Waals surface area (Å²) in [6, 6.07) is 0. The van der Waals surface area contributed by atoms with Gasteiger partial charge in [-0.05, 0) is 18.9 Å². The average Bonchev–Trinajstić information content (AvgIpc) is 2.36. The van der Waals surface area contributed by atoms with Gasteiger partial charge in [0.25, 0.3) is 0 Å². The summed E-state index contributed by atoms with van der Waals surface area (Å²) in [6.45, 7) is 6.39. The highest BCUT2D eigenvalue weighted by Crippen LogP contribution is 2.15. The Morgan fingerprint density at radius 2 is 2.33 bits per heavy atom. The van der Waals surface area contributed by atoms with E-state index in [1.54, 1.807) is 6.20 Å². The lowest BCUT2D eigenvalue weighted by atomic mass is 10.0. The smallest absolute Gasteiger partial charge is 0.0807 e. The number of rotatable bonds is 2. The second kappa shape index (κ2) is 3.43. The van der Waals surface area contributed by atoms with Gasteiger partial charge in [0.1, 0.15) is 0 Å². The Morgan fingerprint density at radius 3 is 2.75 bits per heavy atom. The monoisotopic (exact) mass is 165 g/mol. The topological polar surface area (TPSA) is 54.7 Å². The van der Waals surface area contributed by atoms with Crippen LogP contribution in [0.3, 0.4) is 0 Å². The van der Waals surface area contributed by atoms with Crippen LogP contribution >= 0.6 is 0 Å². The molecule has 0 unspecified atom stereocenters. The van der Waals surface area contributed by atoms with Crippen molar-refractivity contribution in [2.45, 2.75) is 20.8 Å². The molecule has 3 N–H and O–H groups in total. The Morgan fingerprint density at radius 1 is 1.67 bits per heavy atom. The first-order valence-corrected chi connectivity index (χ1v) is 4.08. The van der Waals surface area contributed by atoms with Crippen LogP contribution in [0.2, 0.25) is 0 Å². The number of H-pyrrole nitrogens is 1. The number of anilines is 1. The fourth-order valence-electron chi connectivity index (χ4n) is 0.815. The SMILES string of the molecule is C/C(=C\c1[nH]ncc1N)C(C)C. The number of allylic oxidation sites excluding steroid dienone is 1. The molecule has 0 atom stereocenters. The molecular weight excluding hydrogens is 150 g/mol. The minimum absolute atomic E-state index is 0.549. The maximum atomic E-state index is 5.65. The predicted octanol–water partition coefficient (Wildman–Crippen LogP) is 2.05. The molecule has 3 nitrogen and oxygen atoms in total. The maximum Gasteiger partial charge on any atom is 0.0807 e. The highest BCUT2D eigenvalue weighted by atomic mass is 15.1. The Labute approximate surface area is 72.7 Å². The first-order valence-electron chi connectivity index (χ1n) is 4.08. The van der Waals surface area contributed by atoms with E-state index in [1.807, 2.05) is 6.08 Å². The molecule has 0 saturated carbocycles. The molecule has 0 aliphatic rings. The van der Waals surface area contributed by atoms with E-state index < -0.39 is 0 Å². The van der Waals surface area contributed by atoms with Gasteiger partial charge >= 0.3 is 0 Å². The summed E-state index contributed by atoms with van der Waals surface area (Å²) in [5, 5.41) is 6.68. The molecule has 3 heteroatoms. The van der Waals surface area contributed by atoms with Gasteiger partial charge in [-0.15, -0.1) is 0 Å². The van der Waals surface area contributed by atoms with Crippen molar-refractivity contribution in [1.82, 2.24) is 10.2 Å². The number of nitrogens with two attached hydrogens (primary N) is 1. The lowest BCUT2D eigenvalue weighted by Gasteiger charge is -2.03. The molecule has 66 valence electrons. The minimum Gasteiger partial charge on any atom is -0.396 e. The van der Waals surface area contributed by atoms with Crippen LogP contribution < -0.4 is 5.73 Å². The fraction of sp³-hybridized carbons (Fsp3) is 0.444. The van der Waals surface area contributed by atoms with Crippen molar-refractivity contribution >= 4 is 11.8 Å². The van der Waals surface area contributed by atoms with E-state index in [0.29, 0.717) is 11.6 Å². The standard InChI is InChI=1S/C9H15N3/c1-6(2)7(3)4-9-8(10)5-11-12-9/h4-6H,10H2,1-3H3,(H,11,12)/b7-4+. The maximum absolute atomic E-state index is 5.65. The van der Waals surface area contributed by atoms with Gasteiger partial charge in [-0.25, -0.2) is 0 Å². The molecule has 12 heavy (non-hydrogen) atoms. The molecule has 0 amide bonds. The number of aromatic amines is 1. The number of aromatic nitrogens is 2. The van der Waals surface area contributed by atoms with Crippen LogP contribution in [0.15, 0.2) is 11.8 Å². The third-order valence-corrected chi connectivity index (χ3v) is 1.98. The number of hydrogen-bond donors (Lipinski definition) is 2. The lowest BCUT2D eigenvalue weighted by Crippen LogP contribution is -1.90. The zero-order valence-electron chi connectivity index (χ0n) is 7.76. The number of hydrogen-bond acceptors (Lipinski definition) is 2. The summed E-state index contributed by atoms with van der Waals surface area (Å²) in [6.07, 6.45) is 3.66. The second-order valence-electron chi connectivity index (χ2n) is 3.28. The molecule has 0 fully saturated rings. The molecule has 0 spiro atoms. The quantitative estimate of drug-likeness (QED) is 0.704. The van der Waals surface area contributed by atoms with Crippen LogP contribution in [0, 0.1) is 5.92 Å². The number of nitrogens with one attached hydrogen (secondary N) is 1. The predicted molar refractivity (Wildman–Crippen MR) is 51.5 cm³/mol. The largest absolute Gasteiger partial charge is 0.396 e. The fourth-order valence-corrected chi connectivity index (χ4v) is 0.815. The van der Waals surface area contributed by atoms with Gasteiger partial charge in [0.05, 0.1) is 17.6 Å². The van der Waals surface area contributed by atoms with Crippen LogP contribution in [-0.2, 0) is 0 Å². The molecule has 1 rings (SSSR count). The zero-order valence-corrected chi connectivity index (χ0v) is 7.76. The van der Waals surface area contributed by atoms with E-state index in [0.717, 1.165) is 5.69 Å². The van der Waals surface area contributed by atoms with Crippen molar-refractivity contribution in [3.05, 3.63) is 17.5 Å². The van der Waals surface area contributed by atoms with Gasteiger partial charge in [-0.1, -0.05) is 19.4 Å². The van der Waals surface area contributed by atoms with Gasteiger partial charge in [-0.3, -0.25) is 5.10 Å². The molecule has 0 aromatic carbocycles. The first-order chi connectivity index (χ1) is 5.61. The van der Waals surface area contributed by atoms with E-state index in [4.69, 9.17) is 5.73 Å². The van der Waals surface area contributed by atoms with E-state index >= 15 is 0 Å². The summed E-state index contributed by atoms with van der Waals surface area (Å²) >= 11 is 0. The van der Waals surface area contributed by atoms with Crippen LogP contribution in [0.25, 0.3) is 6.08 Å². The molecule has 0 aliphatic carbocycles. The van der Waals surface area contributed by atoms with E-state index in [-0.39, 0.29) is 0 Å². The first kappa shape index (κ1) is 8.84. The molecule has 1 aromatic rings. The van der Waals surface area contributed by atoms with Gasteiger partial charge in [0.2, 0.25) is 0 Å². The summed E-state index contributed by atoms with van der Waals surface area (Å²) in [5.74, 6) is 0.549. The molecule has 1 aromatic heterocycles. The molecule has 0 radical (unpaired) electrons. The van der Waals surface area contributed by atoms with Gasteiger partial charge in [0.15, 0.2) is 0 Å². The van der Waals surface area contributed by atoms with E-state index in [2.05, 4.69) is 31.0 Å². The van der Waals surface area contributed by atoms with Gasteiger partial charge in [0, 0.05) is 0 Å². The van der Waals surface area contributed by atoms with Crippen molar-refractivity contribution in [3.8, 4) is 0 Å². The summed E-state index contributed by atoms with van der Waals surface area (Å²) in [7, 11) is 0. The van der Waals surface area contributed by atoms with Crippen LogP contribution in [0.5, 0.6) is 0 Å². The van der Waals surface area contributed by atoms with Crippen molar-refractivity contribution in [3.63, 3.8) is 0 Å². The van der Waals surface area contributed by atoms with Crippen molar-refractivity contribution < 1.29 is 0 Å². The Kier molecular flexibility index (Phi) is 2.53. The number of nitrogen functional groups attached to an aromatic ring is 1. The van der Waals surface area contributed by atoms with Crippen molar-refractivity contribution in [1.29, 1.82) is 0 Å².